The summed E-state index contributed by atoms with van der Waals surface area (Å²) >= 11 is 0. The van der Waals surface area contributed by atoms with Crippen LogP contribution in [0.1, 0.15) is 24.0 Å². The smallest absolute Gasteiger partial charge is 0.164 e. The van der Waals surface area contributed by atoms with Gasteiger partial charge in [-0.2, -0.15) is 0 Å². The van der Waals surface area contributed by atoms with Crippen LogP contribution >= 0.6 is 0 Å². The lowest BCUT2D eigenvalue weighted by Gasteiger charge is -2.38. The third-order valence-corrected chi connectivity index (χ3v) is 4.38. The molecule has 0 saturated carbocycles. The fourth-order valence-corrected chi connectivity index (χ4v) is 3.45. The molecule has 0 aromatic heterocycles. The minimum Gasteiger partial charge on any atom is -0.493 e. The van der Waals surface area contributed by atoms with Gasteiger partial charge in [-0.1, -0.05) is 6.07 Å². The number of ether oxygens (including phenoxy) is 2. The Balaban J connectivity index is 1.99. The summed E-state index contributed by atoms with van der Waals surface area (Å²) in [5.74, 6) is 2.56. The molecule has 3 nitrogen and oxygen atoms in total. The minimum atomic E-state index is 0.657. The Morgan fingerprint density at radius 1 is 1.17 bits per heavy atom. The van der Waals surface area contributed by atoms with Crippen LogP contribution in [0.25, 0.3) is 0 Å². The molecule has 0 spiro atoms. The molecule has 1 aromatic carbocycles. The van der Waals surface area contributed by atoms with Crippen molar-refractivity contribution in [3.05, 3.63) is 23.3 Å². The number of nitrogens with one attached hydrogen (secondary N) is 1. The number of hydrogen-bond acceptors (Lipinski definition) is 3. The normalized spacial score (nSPS) is 26.1. The van der Waals surface area contributed by atoms with Gasteiger partial charge < -0.3 is 14.8 Å². The van der Waals surface area contributed by atoms with E-state index in [1.54, 1.807) is 14.2 Å². The van der Waals surface area contributed by atoms with E-state index >= 15 is 0 Å². The maximum atomic E-state index is 5.57. The quantitative estimate of drug-likeness (QED) is 0.869. The maximum Gasteiger partial charge on any atom is 0.164 e. The SMILES string of the molecule is COc1ccc2c(c1OC)CC1CCCNC1C2. The Bertz CT molecular complexity index is 444. The largest absolute Gasteiger partial charge is 0.493 e. The third-order valence-electron chi connectivity index (χ3n) is 4.38. The Kier molecular flexibility index (Phi) is 3.16. The van der Waals surface area contributed by atoms with Crippen LogP contribution in [0.5, 0.6) is 11.5 Å². The van der Waals surface area contributed by atoms with Crippen molar-refractivity contribution in [2.45, 2.75) is 31.7 Å². The van der Waals surface area contributed by atoms with Crippen LogP contribution in [0.3, 0.4) is 0 Å². The summed E-state index contributed by atoms with van der Waals surface area (Å²) in [6.45, 7) is 1.17. The lowest BCUT2D eigenvalue weighted by Crippen LogP contribution is -2.46. The molecule has 1 N–H and O–H groups in total. The van der Waals surface area contributed by atoms with Crippen molar-refractivity contribution >= 4 is 0 Å². The Morgan fingerprint density at radius 3 is 2.83 bits per heavy atom. The van der Waals surface area contributed by atoms with Crippen molar-refractivity contribution in [2.75, 3.05) is 20.8 Å². The van der Waals surface area contributed by atoms with E-state index in [1.165, 1.54) is 30.5 Å². The molecule has 1 heterocycles. The average molecular weight is 247 g/mol. The van der Waals surface area contributed by atoms with Gasteiger partial charge in [-0.3, -0.25) is 0 Å². The van der Waals surface area contributed by atoms with Crippen LogP contribution in [-0.4, -0.2) is 26.8 Å². The predicted octanol–water partition coefficient (Wildman–Crippen LogP) is 2.17. The van der Waals surface area contributed by atoms with Gasteiger partial charge in [0.1, 0.15) is 0 Å². The van der Waals surface area contributed by atoms with Crippen molar-refractivity contribution < 1.29 is 9.47 Å². The summed E-state index contributed by atoms with van der Waals surface area (Å²) in [6.07, 6.45) is 4.87. The van der Waals surface area contributed by atoms with Gasteiger partial charge in [0.15, 0.2) is 11.5 Å². The van der Waals surface area contributed by atoms with Gasteiger partial charge in [-0.05, 0) is 49.8 Å². The Morgan fingerprint density at radius 2 is 2.06 bits per heavy atom. The van der Waals surface area contributed by atoms with E-state index in [-0.39, 0.29) is 0 Å². The van der Waals surface area contributed by atoms with Gasteiger partial charge in [-0.15, -0.1) is 0 Å². The number of benzene rings is 1. The molecule has 0 bridgehead atoms. The van der Waals surface area contributed by atoms with E-state index in [0.717, 1.165) is 30.3 Å². The first kappa shape index (κ1) is 11.8. The second-order valence-electron chi connectivity index (χ2n) is 5.31. The third kappa shape index (κ3) is 1.87. The van der Waals surface area contributed by atoms with E-state index in [4.69, 9.17) is 9.47 Å². The molecule has 2 atom stereocenters. The zero-order valence-corrected chi connectivity index (χ0v) is 11.2. The predicted molar refractivity (Wildman–Crippen MR) is 71.5 cm³/mol. The van der Waals surface area contributed by atoms with Crippen LogP contribution in [0.4, 0.5) is 0 Å². The highest BCUT2D eigenvalue weighted by Crippen LogP contribution is 2.40. The fourth-order valence-electron chi connectivity index (χ4n) is 3.45. The van der Waals surface area contributed by atoms with Crippen molar-refractivity contribution in [1.29, 1.82) is 0 Å². The summed E-state index contributed by atoms with van der Waals surface area (Å²) in [6, 6.07) is 4.88. The van der Waals surface area contributed by atoms with Crippen molar-refractivity contribution in [3.8, 4) is 11.5 Å². The first-order chi connectivity index (χ1) is 8.83. The second kappa shape index (κ2) is 4.81. The van der Waals surface area contributed by atoms with Gasteiger partial charge >= 0.3 is 0 Å². The highest BCUT2D eigenvalue weighted by Gasteiger charge is 2.32. The molecule has 0 radical (unpaired) electrons. The molecule has 1 aliphatic carbocycles. The minimum absolute atomic E-state index is 0.657. The summed E-state index contributed by atoms with van der Waals surface area (Å²) < 4.78 is 11.0. The number of fused-ring (bicyclic) bond motifs is 2. The van der Waals surface area contributed by atoms with E-state index < -0.39 is 0 Å². The molecule has 1 aliphatic heterocycles. The molecule has 1 saturated heterocycles. The van der Waals surface area contributed by atoms with Gasteiger partial charge in [0.25, 0.3) is 0 Å². The maximum absolute atomic E-state index is 5.57. The summed E-state index contributed by atoms with van der Waals surface area (Å²) in [4.78, 5) is 0. The fraction of sp³-hybridized carbons (Fsp3) is 0.600. The van der Waals surface area contributed by atoms with Crippen LogP contribution in [0.15, 0.2) is 12.1 Å². The number of piperidine rings is 1. The van der Waals surface area contributed by atoms with E-state index in [9.17, 15) is 0 Å². The summed E-state index contributed by atoms with van der Waals surface area (Å²) in [5.41, 5.74) is 2.78. The van der Waals surface area contributed by atoms with Gasteiger partial charge in [0.05, 0.1) is 14.2 Å². The lowest BCUT2D eigenvalue weighted by atomic mass is 9.76. The first-order valence-corrected chi connectivity index (χ1v) is 6.79. The molecule has 0 amide bonds. The molecule has 18 heavy (non-hydrogen) atoms. The number of methoxy groups -OCH3 is 2. The zero-order valence-electron chi connectivity index (χ0n) is 11.2. The van der Waals surface area contributed by atoms with E-state index in [0.29, 0.717) is 6.04 Å². The van der Waals surface area contributed by atoms with E-state index in [2.05, 4.69) is 11.4 Å². The summed E-state index contributed by atoms with van der Waals surface area (Å²) in [5, 5.41) is 3.66. The molecule has 2 unspecified atom stereocenters. The number of rotatable bonds is 2. The highest BCUT2D eigenvalue weighted by atomic mass is 16.5. The molecule has 1 aromatic rings. The summed E-state index contributed by atoms with van der Waals surface area (Å²) in [7, 11) is 3.45. The van der Waals surface area contributed by atoms with Gasteiger partial charge in [0.2, 0.25) is 0 Å². The second-order valence-corrected chi connectivity index (χ2v) is 5.31. The highest BCUT2D eigenvalue weighted by molar-refractivity contribution is 5.52. The molecular formula is C15H21NO2. The molecular weight excluding hydrogens is 226 g/mol. The standard InChI is InChI=1S/C15H21NO2/c1-17-14-6-5-10-9-13-11(4-3-7-16-13)8-12(10)15(14)18-2/h5-6,11,13,16H,3-4,7-9H2,1-2H3. The molecule has 1 fully saturated rings. The van der Waals surface area contributed by atoms with E-state index in [1.807, 2.05) is 6.07 Å². The number of hydrogen-bond donors (Lipinski definition) is 1. The zero-order chi connectivity index (χ0) is 12.5. The topological polar surface area (TPSA) is 30.5 Å². The first-order valence-electron chi connectivity index (χ1n) is 6.79. The average Bonchev–Trinajstić information content (AvgIpc) is 2.43. The lowest BCUT2D eigenvalue weighted by molar-refractivity contribution is 0.257. The van der Waals surface area contributed by atoms with Crippen molar-refractivity contribution in [3.63, 3.8) is 0 Å². The Hall–Kier alpha value is -1.22. The monoisotopic (exact) mass is 247 g/mol. The molecule has 3 heteroatoms. The van der Waals surface area contributed by atoms with Gasteiger partial charge in [0, 0.05) is 11.6 Å². The van der Waals surface area contributed by atoms with Crippen LogP contribution < -0.4 is 14.8 Å². The van der Waals surface area contributed by atoms with Crippen LogP contribution in [-0.2, 0) is 12.8 Å². The Labute approximate surface area is 108 Å². The van der Waals surface area contributed by atoms with Crippen molar-refractivity contribution in [2.24, 2.45) is 5.92 Å². The molecule has 2 aliphatic rings. The van der Waals surface area contributed by atoms with Crippen LogP contribution in [0.2, 0.25) is 0 Å². The van der Waals surface area contributed by atoms with Crippen LogP contribution in [0, 0.1) is 5.92 Å². The molecule has 3 rings (SSSR count). The molecule has 98 valence electrons. The van der Waals surface area contributed by atoms with Gasteiger partial charge in [-0.25, -0.2) is 0 Å². The van der Waals surface area contributed by atoms with Crippen molar-refractivity contribution in [1.82, 2.24) is 5.32 Å².